The van der Waals surface area contributed by atoms with Gasteiger partial charge in [0.2, 0.25) is 5.91 Å². The lowest BCUT2D eigenvalue weighted by molar-refractivity contribution is -0.114. The van der Waals surface area contributed by atoms with Crippen molar-refractivity contribution in [3.63, 3.8) is 0 Å². The molecular weight excluding hydrogens is 272 g/mol. The molecule has 1 unspecified atom stereocenters. The predicted molar refractivity (Wildman–Crippen MR) is 69.7 cm³/mol. The van der Waals surface area contributed by atoms with E-state index in [4.69, 9.17) is 4.74 Å². The minimum atomic E-state index is -1.58. The van der Waals surface area contributed by atoms with E-state index in [1.807, 2.05) is 5.48 Å². The van der Waals surface area contributed by atoms with Crippen LogP contribution in [0.3, 0.4) is 0 Å². The van der Waals surface area contributed by atoms with Crippen molar-refractivity contribution in [1.82, 2.24) is 5.48 Å². The van der Waals surface area contributed by atoms with Crippen LogP contribution in [-0.4, -0.2) is 22.0 Å². The Morgan fingerprint density at radius 1 is 1.26 bits per heavy atom. The first kappa shape index (κ1) is 15.1. The van der Waals surface area contributed by atoms with Crippen LogP contribution in [0.15, 0.2) is 24.3 Å². The van der Waals surface area contributed by atoms with E-state index in [1.54, 1.807) is 19.1 Å². The average Bonchev–Trinajstić information content (AvgIpc) is 2.37. The van der Waals surface area contributed by atoms with E-state index in [9.17, 15) is 13.8 Å². The summed E-state index contributed by atoms with van der Waals surface area (Å²) in [6, 6.07) is 6.16. The number of amides is 2. The smallest absolute Gasteiger partial charge is 0.409 e. The van der Waals surface area contributed by atoms with E-state index in [2.05, 4.69) is 9.60 Å². The first-order chi connectivity index (χ1) is 9.01. The molecule has 19 heavy (non-hydrogen) atoms. The molecule has 0 spiro atoms. The molecule has 1 aromatic rings. The van der Waals surface area contributed by atoms with E-state index in [0.717, 1.165) is 0 Å². The number of benzene rings is 1. The Hall–Kier alpha value is -1.93. The Morgan fingerprint density at radius 2 is 1.89 bits per heavy atom. The van der Waals surface area contributed by atoms with Gasteiger partial charge in [-0.1, -0.05) is 6.92 Å². The topological polar surface area (TPSA) is 93.7 Å². The summed E-state index contributed by atoms with van der Waals surface area (Å²) in [7, 11) is 0. The number of carbonyl (C=O) groups is 2. The largest absolute Gasteiger partial charge is 0.437 e. The molecule has 0 saturated carbocycles. The molecule has 1 rings (SSSR count). The van der Waals surface area contributed by atoms with Gasteiger partial charge in [-0.25, -0.2) is 9.00 Å². The molecule has 0 fully saturated rings. The summed E-state index contributed by atoms with van der Waals surface area (Å²) < 4.78 is 20.2. The van der Waals surface area contributed by atoms with Crippen LogP contribution in [0, 0.1) is 0 Å². The van der Waals surface area contributed by atoms with Gasteiger partial charge in [0.25, 0.3) is 0 Å². The van der Waals surface area contributed by atoms with Crippen molar-refractivity contribution in [2.24, 2.45) is 0 Å². The highest BCUT2D eigenvalue weighted by atomic mass is 32.2. The maximum Gasteiger partial charge on any atom is 0.437 e. The van der Waals surface area contributed by atoms with Crippen molar-refractivity contribution in [1.29, 1.82) is 0 Å². The van der Waals surface area contributed by atoms with Gasteiger partial charge in [0, 0.05) is 18.4 Å². The van der Waals surface area contributed by atoms with Crippen LogP contribution in [0.4, 0.5) is 10.5 Å². The summed E-state index contributed by atoms with van der Waals surface area (Å²) in [5, 5.41) is 2.57. The Bertz CT molecular complexity index is 474. The van der Waals surface area contributed by atoms with E-state index >= 15 is 0 Å². The summed E-state index contributed by atoms with van der Waals surface area (Å²) in [6.07, 6.45) is -0.880. The van der Waals surface area contributed by atoms with Crippen molar-refractivity contribution in [3.05, 3.63) is 24.3 Å². The normalized spacial score (nSPS) is 11.5. The molecule has 0 radical (unpaired) electrons. The molecule has 1 aromatic carbocycles. The minimum Gasteiger partial charge on any atom is -0.409 e. The first-order valence-corrected chi connectivity index (χ1v) is 6.67. The second kappa shape index (κ2) is 7.49. The van der Waals surface area contributed by atoms with Crippen molar-refractivity contribution >= 4 is 28.8 Å². The van der Waals surface area contributed by atoms with Crippen LogP contribution in [-0.2, 0) is 20.2 Å². The molecule has 2 amide bonds. The van der Waals surface area contributed by atoms with E-state index in [1.165, 1.54) is 19.1 Å². The zero-order chi connectivity index (χ0) is 14.3. The second-order valence-electron chi connectivity index (χ2n) is 3.37. The fraction of sp³-hybridized carbons (Fsp3) is 0.273. The number of hydrogen-bond acceptors (Lipinski definition) is 5. The van der Waals surface area contributed by atoms with Crippen LogP contribution in [0.25, 0.3) is 0 Å². The van der Waals surface area contributed by atoms with Crippen LogP contribution >= 0.6 is 0 Å². The van der Waals surface area contributed by atoms with Crippen LogP contribution in [0.2, 0.25) is 0 Å². The highest BCUT2D eigenvalue weighted by Gasteiger charge is 2.06. The van der Waals surface area contributed by atoms with E-state index in [0.29, 0.717) is 5.69 Å². The van der Waals surface area contributed by atoms with Crippen molar-refractivity contribution in [2.45, 2.75) is 13.8 Å². The highest BCUT2D eigenvalue weighted by molar-refractivity contribution is 7.80. The van der Waals surface area contributed by atoms with Crippen molar-refractivity contribution in [3.8, 4) is 5.75 Å². The van der Waals surface area contributed by atoms with E-state index in [-0.39, 0.29) is 17.4 Å². The van der Waals surface area contributed by atoms with Crippen molar-refractivity contribution in [2.75, 3.05) is 11.1 Å². The fourth-order valence-corrected chi connectivity index (χ4v) is 1.36. The predicted octanol–water partition coefficient (Wildman–Crippen LogP) is 1.35. The summed E-state index contributed by atoms with van der Waals surface area (Å²) in [5.74, 6) is 0.324. The summed E-state index contributed by atoms with van der Waals surface area (Å²) in [4.78, 5) is 22.0. The van der Waals surface area contributed by atoms with Gasteiger partial charge in [0.1, 0.15) is 5.75 Å². The fourth-order valence-electron chi connectivity index (χ4n) is 1.08. The monoisotopic (exact) mass is 286 g/mol. The van der Waals surface area contributed by atoms with Gasteiger partial charge in [-0.3, -0.25) is 4.79 Å². The number of rotatable bonds is 5. The molecule has 7 nitrogen and oxygen atoms in total. The molecule has 104 valence electrons. The highest BCUT2D eigenvalue weighted by Crippen LogP contribution is 2.15. The Balaban J connectivity index is 2.46. The molecule has 0 aliphatic carbocycles. The SMILES string of the molecule is CCS(=O)ONC(=O)Oc1ccc(NC(C)=O)cc1. The number of ether oxygens (including phenoxy) is 1. The van der Waals surface area contributed by atoms with Gasteiger partial charge < -0.3 is 10.1 Å². The van der Waals surface area contributed by atoms with Gasteiger partial charge in [-0.15, -0.1) is 0 Å². The molecule has 2 N–H and O–H groups in total. The lowest BCUT2D eigenvalue weighted by Crippen LogP contribution is -2.28. The van der Waals surface area contributed by atoms with Crippen LogP contribution < -0.4 is 15.5 Å². The number of anilines is 1. The maximum absolute atomic E-state index is 11.2. The Labute approximate surface area is 112 Å². The number of carbonyl (C=O) groups excluding carboxylic acids is 2. The quantitative estimate of drug-likeness (QED) is 0.797. The zero-order valence-corrected chi connectivity index (χ0v) is 11.3. The molecule has 0 bridgehead atoms. The second-order valence-corrected chi connectivity index (χ2v) is 4.72. The summed E-state index contributed by atoms with van der Waals surface area (Å²) >= 11 is -1.58. The molecule has 0 aliphatic rings. The molecule has 0 aromatic heterocycles. The number of hydroxylamine groups is 1. The van der Waals surface area contributed by atoms with Gasteiger partial charge >= 0.3 is 6.09 Å². The van der Waals surface area contributed by atoms with Crippen LogP contribution in [0.5, 0.6) is 5.75 Å². The van der Waals surface area contributed by atoms with E-state index < -0.39 is 17.2 Å². The van der Waals surface area contributed by atoms with Gasteiger partial charge in [0.05, 0.1) is 0 Å². The third kappa shape index (κ3) is 5.98. The van der Waals surface area contributed by atoms with Crippen molar-refractivity contribution < 1.29 is 22.8 Å². The molecular formula is C11H14N2O5S. The van der Waals surface area contributed by atoms with Gasteiger partial charge in [-0.05, 0) is 24.3 Å². The standard InChI is InChI=1S/C11H14N2O5S/c1-3-19(16)18-13-11(15)17-10-6-4-9(5-7-10)12-8(2)14/h4-7H,3H2,1-2H3,(H,12,14)(H,13,15). The Morgan fingerprint density at radius 3 is 2.42 bits per heavy atom. The average molecular weight is 286 g/mol. The third-order valence-electron chi connectivity index (χ3n) is 1.84. The van der Waals surface area contributed by atoms with Gasteiger partial charge in [-0.2, -0.15) is 9.76 Å². The molecule has 0 heterocycles. The minimum absolute atomic E-state index is 0.193. The molecule has 8 heteroatoms. The molecule has 1 atom stereocenters. The lowest BCUT2D eigenvalue weighted by Gasteiger charge is -2.06. The molecule has 0 aliphatic heterocycles. The number of hydrogen-bond donors (Lipinski definition) is 2. The Kier molecular flexibility index (Phi) is 5.97. The first-order valence-electron chi connectivity index (χ1n) is 5.42. The van der Waals surface area contributed by atoms with Gasteiger partial charge in [0.15, 0.2) is 11.1 Å². The zero-order valence-electron chi connectivity index (χ0n) is 10.5. The number of nitrogens with one attached hydrogen (secondary N) is 2. The summed E-state index contributed by atoms with van der Waals surface area (Å²) in [5.41, 5.74) is 2.48. The molecule has 0 saturated heterocycles. The van der Waals surface area contributed by atoms with Crippen LogP contribution in [0.1, 0.15) is 13.8 Å². The third-order valence-corrected chi connectivity index (χ3v) is 2.58. The lowest BCUT2D eigenvalue weighted by atomic mass is 10.3. The summed E-state index contributed by atoms with van der Waals surface area (Å²) in [6.45, 7) is 3.03. The maximum atomic E-state index is 11.2.